The Morgan fingerprint density at radius 3 is 2.94 bits per heavy atom. The van der Waals surface area contributed by atoms with Gasteiger partial charge in [0, 0.05) is 42.5 Å². The minimum atomic E-state index is -0.798. The molecular weight excluding hydrogens is 435 g/mol. The predicted octanol–water partition coefficient (Wildman–Crippen LogP) is -0.0953. The number of aromatic nitrogens is 2. The van der Waals surface area contributed by atoms with Crippen LogP contribution >= 0.6 is 0 Å². The summed E-state index contributed by atoms with van der Waals surface area (Å²) < 4.78 is 12.7. The standard InChI is InChI=1S/C23H33N4O5.Na/c1-14-4-5-18-15(2)20(26-11-8-19(28)25-10-7-16-12-24-13-27-16)29-21-23(18)17(14)6-9-22(3,30-21)31-32-23;/h10,12-15,17-18,21H,4-9,11H2,1-3H3,(H,24,27)(H,25,28);/q-1;+1. The number of hydrogen-bond donors (Lipinski definition) is 2. The van der Waals surface area contributed by atoms with Crippen LogP contribution in [0.3, 0.4) is 0 Å². The van der Waals surface area contributed by atoms with Gasteiger partial charge in [0.15, 0.2) is 17.4 Å². The Bertz CT molecular complexity index is 867. The van der Waals surface area contributed by atoms with E-state index in [4.69, 9.17) is 19.2 Å². The van der Waals surface area contributed by atoms with Gasteiger partial charge in [0.05, 0.1) is 12.9 Å². The third-order valence-electron chi connectivity index (χ3n) is 7.74. The third kappa shape index (κ3) is 4.65. The van der Waals surface area contributed by atoms with Crippen LogP contribution in [0.1, 0.15) is 58.6 Å². The zero-order chi connectivity index (χ0) is 22.3. The van der Waals surface area contributed by atoms with Crippen molar-refractivity contribution >= 4 is 11.8 Å². The van der Waals surface area contributed by atoms with E-state index in [0.29, 0.717) is 30.7 Å². The van der Waals surface area contributed by atoms with Gasteiger partial charge < -0.3 is 19.8 Å². The predicted molar refractivity (Wildman–Crippen MR) is 115 cm³/mol. The van der Waals surface area contributed by atoms with Crippen LogP contribution in [0.4, 0.5) is 0 Å². The second kappa shape index (κ2) is 9.95. The molecule has 4 saturated heterocycles. The summed E-state index contributed by atoms with van der Waals surface area (Å²) in [7, 11) is 0. The van der Waals surface area contributed by atoms with Crippen LogP contribution in [0.15, 0.2) is 17.5 Å². The molecule has 2 N–H and O–H groups in total. The Morgan fingerprint density at radius 1 is 1.30 bits per heavy atom. The van der Waals surface area contributed by atoms with Crippen molar-refractivity contribution in [1.82, 2.24) is 15.3 Å². The number of amides is 1. The number of ether oxygens (including phenoxy) is 2. The average molecular weight is 469 g/mol. The quantitative estimate of drug-likeness (QED) is 0.343. The number of hydrogen-bond acceptors (Lipinski definition) is 7. The zero-order valence-corrected chi connectivity index (χ0v) is 22.0. The van der Waals surface area contributed by atoms with Gasteiger partial charge in [0.25, 0.3) is 0 Å². The van der Waals surface area contributed by atoms with Crippen LogP contribution in [0.25, 0.3) is 0 Å². The second-order valence-electron chi connectivity index (χ2n) is 9.84. The molecule has 1 spiro atoms. The number of carbonyl (C=O) groups is 1. The van der Waals surface area contributed by atoms with Gasteiger partial charge in [-0.3, -0.25) is 9.79 Å². The van der Waals surface area contributed by atoms with Crippen LogP contribution < -0.4 is 34.9 Å². The van der Waals surface area contributed by atoms with E-state index in [-0.39, 0.29) is 53.7 Å². The van der Waals surface area contributed by atoms with Gasteiger partial charge in [0.2, 0.25) is 12.1 Å². The summed E-state index contributed by atoms with van der Waals surface area (Å²) in [5, 5.41) is 2.81. The van der Waals surface area contributed by atoms with Crippen molar-refractivity contribution in [2.45, 2.75) is 77.0 Å². The van der Waals surface area contributed by atoms with Crippen LogP contribution in [0.2, 0.25) is 0 Å². The minimum absolute atomic E-state index is 0. The smallest absolute Gasteiger partial charge is 0.505 e. The minimum Gasteiger partial charge on any atom is -0.505 e. The molecule has 5 aliphatic rings. The molecule has 6 rings (SSSR count). The molecule has 0 radical (unpaired) electrons. The molecule has 4 aliphatic heterocycles. The molecule has 1 aliphatic carbocycles. The van der Waals surface area contributed by atoms with Crippen molar-refractivity contribution in [3.05, 3.63) is 24.8 Å². The molecule has 176 valence electrons. The van der Waals surface area contributed by atoms with Crippen molar-refractivity contribution in [3.63, 3.8) is 0 Å². The van der Waals surface area contributed by atoms with E-state index in [0.717, 1.165) is 31.4 Å². The molecule has 1 aromatic heterocycles. The molecule has 7 unspecified atom stereocenters. The molecule has 1 saturated carbocycles. The molecule has 0 aromatic carbocycles. The Balaban J connectivity index is 0.00000259. The normalized spacial score (nSPS) is 40.3. The summed E-state index contributed by atoms with van der Waals surface area (Å²) in [5.41, 5.74) is 0.354. The van der Waals surface area contributed by atoms with Gasteiger partial charge >= 0.3 is 29.6 Å². The first kappa shape index (κ1) is 25.1. The molecule has 10 heteroatoms. The van der Waals surface area contributed by atoms with Crippen molar-refractivity contribution in [2.75, 3.05) is 6.54 Å². The fourth-order valence-corrected chi connectivity index (χ4v) is 5.97. The third-order valence-corrected chi connectivity index (χ3v) is 7.74. The number of nitrogens with one attached hydrogen (secondary N) is 2. The van der Waals surface area contributed by atoms with Crippen LogP contribution in [0, 0.1) is 30.2 Å². The summed E-state index contributed by atoms with van der Waals surface area (Å²) in [5.74, 6) is 0.926. The number of rotatable bonds is 6. The monoisotopic (exact) mass is 468 g/mol. The van der Waals surface area contributed by atoms with E-state index in [9.17, 15) is 4.79 Å². The molecule has 33 heavy (non-hydrogen) atoms. The maximum atomic E-state index is 12.2. The largest absolute Gasteiger partial charge is 1.00 e. The van der Waals surface area contributed by atoms with Gasteiger partial charge in [-0.15, -0.1) is 6.42 Å². The number of carbonyl (C=O) groups excluding carboxylic acids is 1. The van der Waals surface area contributed by atoms with Crippen LogP contribution in [-0.2, 0) is 30.5 Å². The average Bonchev–Trinajstić information content (AvgIpc) is 3.18. The summed E-state index contributed by atoms with van der Waals surface area (Å²) in [4.78, 5) is 35.8. The summed E-state index contributed by atoms with van der Waals surface area (Å²) in [6, 6.07) is 0. The fraction of sp³-hybridized carbons (Fsp3) is 0.739. The van der Waals surface area contributed by atoms with Gasteiger partial charge in [-0.05, 0) is 32.1 Å². The maximum Gasteiger partial charge on any atom is 1.00 e. The Morgan fingerprint density at radius 2 is 2.15 bits per heavy atom. The van der Waals surface area contributed by atoms with Gasteiger partial charge in [-0.25, -0.2) is 21.3 Å². The molecule has 7 atom stereocenters. The molecule has 1 amide bonds. The molecule has 5 fully saturated rings. The number of aliphatic imine (C=N–C) groups is 1. The van der Waals surface area contributed by atoms with E-state index in [1.807, 2.05) is 6.92 Å². The number of fused-ring (bicyclic) bond motifs is 2. The van der Waals surface area contributed by atoms with Crippen molar-refractivity contribution in [3.8, 4) is 0 Å². The SMILES string of the molecule is CC1CCC2C(C)C(=NCCC(=O)N[CH-]Cc3cnc[nH]3)OC3OC4(C)CCC1C32OO4.[Na+]. The molecular formula is C23H33N4NaO5. The summed E-state index contributed by atoms with van der Waals surface area (Å²) >= 11 is 0. The summed E-state index contributed by atoms with van der Waals surface area (Å²) in [6.45, 7) is 8.45. The number of imidazole rings is 1. The molecule has 9 nitrogen and oxygen atoms in total. The van der Waals surface area contributed by atoms with Gasteiger partial charge in [0.1, 0.15) is 0 Å². The van der Waals surface area contributed by atoms with Gasteiger partial charge in [-0.2, -0.15) is 0 Å². The first-order valence-electron chi connectivity index (χ1n) is 11.8. The first-order chi connectivity index (χ1) is 15.4. The van der Waals surface area contributed by atoms with E-state index >= 15 is 0 Å². The Labute approximate surface area is 217 Å². The Hall–Kier alpha value is -0.970. The first-order valence-corrected chi connectivity index (χ1v) is 11.8. The topological polar surface area (TPSA) is 107 Å². The number of H-pyrrole nitrogens is 1. The van der Waals surface area contributed by atoms with Crippen molar-refractivity contribution < 1.29 is 53.6 Å². The van der Waals surface area contributed by atoms with Crippen LogP contribution in [-0.4, -0.2) is 46.0 Å². The Kier molecular flexibility index (Phi) is 7.58. The number of nitrogens with zero attached hydrogens (tertiary/aromatic N) is 2. The molecule has 1 aromatic rings. The van der Waals surface area contributed by atoms with Crippen molar-refractivity contribution in [2.24, 2.45) is 28.7 Å². The van der Waals surface area contributed by atoms with Crippen molar-refractivity contribution in [1.29, 1.82) is 0 Å². The fourth-order valence-electron chi connectivity index (χ4n) is 5.97. The van der Waals surface area contributed by atoms with E-state index < -0.39 is 17.7 Å². The second-order valence-corrected chi connectivity index (χ2v) is 9.84. The van der Waals surface area contributed by atoms with Crippen LogP contribution in [0.5, 0.6) is 0 Å². The molecule has 5 heterocycles. The van der Waals surface area contributed by atoms with Gasteiger partial charge in [-0.1, -0.05) is 13.8 Å². The molecule has 2 bridgehead atoms. The summed E-state index contributed by atoms with van der Waals surface area (Å²) in [6.07, 6.45) is 7.66. The number of aromatic amines is 1. The zero-order valence-electron chi connectivity index (χ0n) is 20.0. The maximum absolute atomic E-state index is 12.2. The van der Waals surface area contributed by atoms with E-state index in [2.05, 4.69) is 34.1 Å². The van der Waals surface area contributed by atoms with E-state index in [1.165, 1.54) is 0 Å². The van der Waals surface area contributed by atoms with E-state index in [1.54, 1.807) is 19.1 Å².